The van der Waals surface area contributed by atoms with Crippen molar-refractivity contribution in [3.63, 3.8) is 0 Å². The number of rotatable bonds is 7. The summed E-state index contributed by atoms with van der Waals surface area (Å²) in [7, 11) is 0. The van der Waals surface area contributed by atoms with E-state index in [-0.39, 0.29) is 0 Å². The molecule has 0 radical (unpaired) electrons. The normalized spacial score (nSPS) is 14.7. The lowest BCUT2D eigenvalue weighted by Gasteiger charge is -2.25. The topological polar surface area (TPSA) is 23.5 Å². The molecule has 1 unspecified atom stereocenters. The minimum atomic E-state index is -0.646. The molecular formula is C27H26Cl3NO. The number of hydrogen-bond acceptors (Lipinski definition) is 2. The molecule has 5 heteroatoms. The van der Waals surface area contributed by atoms with Crippen LogP contribution in [-0.4, -0.2) is 29.6 Å². The molecule has 1 aliphatic carbocycles. The zero-order valence-electron chi connectivity index (χ0n) is 18.2. The van der Waals surface area contributed by atoms with Crippen LogP contribution < -0.4 is 0 Å². The number of aliphatic hydroxyl groups is 1. The lowest BCUT2D eigenvalue weighted by molar-refractivity contribution is 0.116. The fourth-order valence-corrected chi connectivity index (χ4v) is 4.95. The van der Waals surface area contributed by atoms with Gasteiger partial charge in [-0.15, -0.1) is 0 Å². The molecule has 0 spiro atoms. The lowest BCUT2D eigenvalue weighted by Crippen LogP contribution is -2.29. The van der Waals surface area contributed by atoms with Gasteiger partial charge in [0.15, 0.2) is 0 Å². The molecule has 0 bridgehead atoms. The maximum absolute atomic E-state index is 11.3. The highest BCUT2D eigenvalue weighted by molar-refractivity contribution is 6.32. The predicted octanol–water partition coefficient (Wildman–Crippen LogP) is 7.98. The Bertz CT molecular complexity index is 1150. The van der Waals surface area contributed by atoms with Crippen molar-refractivity contribution < 1.29 is 5.11 Å². The van der Waals surface area contributed by atoms with Crippen LogP contribution in [0.3, 0.4) is 0 Å². The van der Waals surface area contributed by atoms with Gasteiger partial charge in [-0.3, -0.25) is 0 Å². The Morgan fingerprint density at radius 2 is 1.53 bits per heavy atom. The van der Waals surface area contributed by atoms with Crippen LogP contribution in [-0.2, 0) is 0 Å². The van der Waals surface area contributed by atoms with Crippen molar-refractivity contribution in [2.45, 2.75) is 26.4 Å². The van der Waals surface area contributed by atoms with Crippen LogP contribution in [0.15, 0.2) is 54.6 Å². The number of benzene rings is 3. The molecule has 0 saturated carbocycles. The largest absolute Gasteiger partial charge is 0.387 e. The summed E-state index contributed by atoms with van der Waals surface area (Å²) in [5, 5.41) is 13.2. The van der Waals surface area contributed by atoms with Crippen LogP contribution in [0.2, 0.25) is 15.1 Å². The summed E-state index contributed by atoms with van der Waals surface area (Å²) >= 11 is 19.0. The van der Waals surface area contributed by atoms with Crippen molar-refractivity contribution in [1.82, 2.24) is 4.90 Å². The monoisotopic (exact) mass is 485 g/mol. The van der Waals surface area contributed by atoms with Crippen molar-refractivity contribution >= 4 is 46.5 Å². The highest BCUT2D eigenvalue weighted by atomic mass is 35.5. The van der Waals surface area contributed by atoms with E-state index in [9.17, 15) is 5.11 Å². The van der Waals surface area contributed by atoms with Crippen molar-refractivity contribution in [1.29, 1.82) is 0 Å². The molecule has 32 heavy (non-hydrogen) atoms. The summed E-state index contributed by atoms with van der Waals surface area (Å²) in [6, 6.07) is 17.5. The predicted molar refractivity (Wildman–Crippen MR) is 138 cm³/mol. The standard InChI is InChI=1S/C27H26Cl3NO/c1-3-11-31(4-2)16-26(32)25-15-20(30)14-24-22(12-17-5-7-18(28)8-6-17)23-13-19(29)9-10-21(23)27(24)25/h5-10,12-15,26,32H,3-4,11,16H2,1-2H3/b22-12+. The number of fused-ring (bicyclic) bond motifs is 3. The van der Waals surface area contributed by atoms with Crippen molar-refractivity contribution in [3.05, 3.63) is 91.9 Å². The minimum absolute atomic E-state index is 0.566. The average Bonchev–Trinajstić information content (AvgIpc) is 3.06. The van der Waals surface area contributed by atoms with Gasteiger partial charge in [0.2, 0.25) is 0 Å². The van der Waals surface area contributed by atoms with Crippen molar-refractivity contribution in [2.75, 3.05) is 19.6 Å². The van der Waals surface area contributed by atoms with Crippen LogP contribution >= 0.6 is 34.8 Å². The molecule has 0 amide bonds. The van der Waals surface area contributed by atoms with Crippen molar-refractivity contribution in [2.24, 2.45) is 0 Å². The average molecular weight is 487 g/mol. The quantitative estimate of drug-likeness (QED) is 0.286. The van der Waals surface area contributed by atoms with E-state index in [0.717, 1.165) is 58.5 Å². The Morgan fingerprint density at radius 3 is 2.22 bits per heavy atom. The van der Waals surface area contributed by atoms with E-state index in [0.29, 0.717) is 21.6 Å². The van der Waals surface area contributed by atoms with E-state index in [1.54, 1.807) is 0 Å². The first-order valence-electron chi connectivity index (χ1n) is 10.9. The Balaban J connectivity index is 1.87. The molecule has 3 aromatic rings. The first-order valence-corrected chi connectivity index (χ1v) is 12.1. The molecule has 0 saturated heterocycles. The van der Waals surface area contributed by atoms with Gasteiger partial charge in [-0.25, -0.2) is 0 Å². The second-order valence-corrected chi connectivity index (χ2v) is 9.44. The van der Waals surface area contributed by atoms with Crippen LogP contribution in [0, 0.1) is 0 Å². The zero-order valence-corrected chi connectivity index (χ0v) is 20.5. The highest BCUT2D eigenvalue weighted by Gasteiger charge is 2.29. The van der Waals surface area contributed by atoms with Crippen LogP contribution in [0.1, 0.15) is 48.6 Å². The molecule has 0 aliphatic heterocycles. The fraction of sp³-hybridized carbons (Fsp3) is 0.259. The molecule has 1 aliphatic rings. The number of aliphatic hydroxyl groups excluding tert-OH is 1. The third-order valence-electron chi connectivity index (χ3n) is 5.92. The van der Waals surface area contributed by atoms with Gasteiger partial charge in [0.25, 0.3) is 0 Å². The summed E-state index contributed by atoms with van der Waals surface area (Å²) in [6.45, 7) is 6.68. The van der Waals surface area contributed by atoms with E-state index >= 15 is 0 Å². The Hall–Kier alpha value is -1.81. The smallest absolute Gasteiger partial charge is 0.0923 e. The number of halogens is 3. The molecular weight excluding hydrogens is 461 g/mol. The third kappa shape index (κ3) is 4.76. The van der Waals surface area contributed by atoms with E-state index in [1.165, 1.54) is 0 Å². The first kappa shape index (κ1) is 23.4. The van der Waals surface area contributed by atoms with Gasteiger partial charge in [-0.05, 0) is 101 Å². The third-order valence-corrected chi connectivity index (χ3v) is 6.63. The second-order valence-electron chi connectivity index (χ2n) is 8.13. The summed E-state index contributed by atoms with van der Waals surface area (Å²) in [6.07, 6.45) is 2.52. The van der Waals surface area contributed by atoms with Gasteiger partial charge < -0.3 is 10.0 Å². The maximum Gasteiger partial charge on any atom is 0.0923 e. The first-order chi connectivity index (χ1) is 15.4. The molecule has 0 fully saturated rings. The van der Waals surface area contributed by atoms with Gasteiger partial charge in [-0.2, -0.15) is 0 Å². The zero-order chi connectivity index (χ0) is 22.8. The Labute approximate surface area is 205 Å². The van der Waals surface area contributed by atoms with Gasteiger partial charge in [0.1, 0.15) is 0 Å². The SMILES string of the molecule is CCCN(CC)CC(O)c1cc(Cl)cc2c1-c1ccc(Cl)cc1/C2=C\c1ccc(Cl)cc1. The van der Waals surface area contributed by atoms with Crippen molar-refractivity contribution in [3.8, 4) is 11.1 Å². The van der Waals surface area contributed by atoms with E-state index in [4.69, 9.17) is 34.8 Å². The second kappa shape index (κ2) is 9.99. The number of likely N-dealkylation sites (N-methyl/N-ethyl adjacent to an activating group) is 1. The van der Waals surface area contributed by atoms with Gasteiger partial charge in [0, 0.05) is 21.6 Å². The highest BCUT2D eigenvalue weighted by Crippen LogP contribution is 2.49. The molecule has 1 N–H and O–H groups in total. The Kier molecular flexibility index (Phi) is 7.29. The number of nitrogens with zero attached hydrogens (tertiary/aromatic N) is 1. The van der Waals surface area contributed by atoms with Crippen LogP contribution in [0.4, 0.5) is 0 Å². The lowest BCUT2D eigenvalue weighted by atomic mass is 9.94. The van der Waals surface area contributed by atoms with Crippen LogP contribution in [0.25, 0.3) is 22.8 Å². The Morgan fingerprint density at radius 1 is 0.844 bits per heavy atom. The maximum atomic E-state index is 11.3. The molecule has 2 nitrogen and oxygen atoms in total. The van der Waals surface area contributed by atoms with Crippen LogP contribution in [0.5, 0.6) is 0 Å². The summed E-state index contributed by atoms with van der Waals surface area (Å²) < 4.78 is 0. The summed E-state index contributed by atoms with van der Waals surface area (Å²) in [5.41, 5.74) is 7.07. The van der Waals surface area contributed by atoms with E-state index in [1.807, 2.05) is 54.6 Å². The van der Waals surface area contributed by atoms with Gasteiger partial charge in [0.05, 0.1) is 6.10 Å². The summed E-state index contributed by atoms with van der Waals surface area (Å²) in [5.74, 6) is 0. The molecule has 0 heterocycles. The van der Waals surface area contributed by atoms with E-state index in [2.05, 4.69) is 24.8 Å². The number of hydrogen-bond donors (Lipinski definition) is 1. The molecule has 3 aromatic carbocycles. The molecule has 0 aromatic heterocycles. The minimum Gasteiger partial charge on any atom is -0.387 e. The van der Waals surface area contributed by atoms with Gasteiger partial charge in [-0.1, -0.05) is 66.8 Å². The summed E-state index contributed by atoms with van der Waals surface area (Å²) in [4.78, 5) is 2.26. The molecule has 166 valence electrons. The van der Waals surface area contributed by atoms with Gasteiger partial charge >= 0.3 is 0 Å². The molecule has 1 atom stereocenters. The van der Waals surface area contributed by atoms with E-state index < -0.39 is 6.10 Å². The fourth-order valence-electron chi connectivity index (χ4n) is 4.42. The molecule has 4 rings (SSSR count).